The van der Waals surface area contributed by atoms with E-state index in [4.69, 9.17) is 9.72 Å². The van der Waals surface area contributed by atoms with Gasteiger partial charge in [0.25, 0.3) is 0 Å². The van der Waals surface area contributed by atoms with E-state index in [0.29, 0.717) is 0 Å². The Hall–Kier alpha value is -2.33. The number of imidazole rings is 1. The predicted octanol–water partition coefficient (Wildman–Crippen LogP) is 6.32. The number of benzene rings is 2. The van der Waals surface area contributed by atoms with Crippen LogP contribution >= 0.6 is 0 Å². The van der Waals surface area contributed by atoms with Gasteiger partial charge in [0.05, 0.1) is 17.6 Å². The molecule has 0 unspecified atom stereocenters. The van der Waals surface area contributed by atoms with E-state index in [0.717, 1.165) is 43.7 Å². The van der Waals surface area contributed by atoms with Crippen molar-refractivity contribution in [3.63, 3.8) is 0 Å². The average molecular weight is 434 g/mol. The first-order chi connectivity index (χ1) is 15.7. The topological polar surface area (TPSA) is 30.3 Å². The Morgan fingerprint density at radius 2 is 1.66 bits per heavy atom. The van der Waals surface area contributed by atoms with Gasteiger partial charge in [-0.1, -0.05) is 37.1 Å². The van der Waals surface area contributed by atoms with Crippen molar-refractivity contribution >= 4 is 11.0 Å². The molecule has 0 aliphatic carbocycles. The average Bonchev–Trinajstić information content (AvgIpc) is 2.95. The third-order valence-corrected chi connectivity index (χ3v) is 6.90. The van der Waals surface area contributed by atoms with Gasteiger partial charge in [0.2, 0.25) is 0 Å². The first-order valence-corrected chi connectivity index (χ1v) is 12.6. The van der Waals surface area contributed by atoms with Gasteiger partial charge < -0.3 is 14.2 Å². The Morgan fingerprint density at radius 3 is 2.50 bits per heavy atom. The Bertz CT molecular complexity index is 986. The van der Waals surface area contributed by atoms with Gasteiger partial charge in [0.15, 0.2) is 0 Å². The molecule has 4 nitrogen and oxygen atoms in total. The maximum Gasteiger partial charge on any atom is 0.122 e. The minimum atomic E-state index is 0.765. The van der Waals surface area contributed by atoms with Gasteiger partial charge in [-0.05, 0) is 94.9 Å². The molecule has 0 bridgehead atoms. The summed E-state index contributed by atoms with van der Waals surface area (Å²) in [6.45, 7) is 9.80. The molecular formula is C28H39N3O. The van der Waals surface area contributed by atoms with Crippen LogP contribution in [0.1, 0.15) is 61.9 Å². The molecule has 0 amide bonds. The van der Waals surface area contributed by atoms with E-state index in [-0.39, 0.29) is 0 Å². The fraction of sp³-hybridized carbons (Fsp3) is 0.536. The molecule has 0 spiro atoms. The molecule has 3 aromatic rings. The summed E-state index contributed by atoms with van der Waals surface area (Å²) in [6.07, 6.45) is 9.94. The zero-order chi connectivity index (χ0) is 22.2. The van der Waals surface area contributed by atoms with Crippen molar-refractivity contribution in [1.29, 1.82) is 0 Å². The molecule has 32 heavy (non-hydrogen) atoms. The van der Waals surface area contributed by atoms with Crippen molar-refractivity contribution in [1.82, 2.24) is 14.5 Å². The summed E-state index contributed by atoms with van der Waals surface area (Å²) >= 11 is 0. The second-order valence-electron chi connectivity index (χ2n) is 9.28. The summed E-state index contributed by atoms with van der Waals surface area (Å²) in [5.41, 5.74) is 4.94. The summed E-state index contributed by atoms with van der Waals surface area (Å²) < 4.78 is 8.52. The molecule has 0 atom stereocenters. The number of nitrogens with zero attached hydrogens (tertiary/aromatic N) is 3. The molecule has 1 fully saturated rings. The van der Waals surface area contributed by atoms with E-state index in [1.54, 1.807) is 0 Å². The van der Waals surface area contributed by atoms with Gasteiger partial charge in [-0.2, -0.15) is 0 Å². The molecule has 1 aliphatic rings. The van der Waals surface area contributed by atoms with Gasteiger partial charge in [-0.3, -0.25) is 0 Å². The van der Waals surface area contributed by atoms with Crippen molar-refractivity contribution in [3.05, 3.63) is 59.4 Å². The monoisotopic (exact) mass is 433 g/mol. The third kappa shape index (κ3) is 5.92. The summed E-state index contributed by atoms with van der Waals surface area (Å²) in [5, 5.41) is 0. The zero-order valence-corrected chi connectivity index (χ0v) is 20.0. The van der Waals surface area contributed by atoms with Crippen molar-refractivity contribution in [2.45, 2.75) is 71.8 Å². The van der Waals surface area contributed by atoms with Gasteiger partial charge in [-0.15, -0.1) is 0 Å². The standard InChI is InChI=1S/C28H39N3O/c1-23-13-11-16-27(24(23)2)32-22-10-9-21-31-26-15-6-5-14-25(26)29-28(31)17-12-20-30-18-7-3-4-8-19-30/h5-6,11,13-16H,3-4,7-10,12,17-22H2,1-2H3. The number of fused-ring (bicyclic) bond motifs is 1. The van der Waals surface area contributed by atoms with Gasteiger partial charge in [0, 0.05) is 13.0 Å². The zero-order valence-electron chi connectivity index (χ0n) is 20.0. The largest absolute Gasteiger partial charge is 0.493 e. The molecule has 1 saturated heterocycles. The van der Waals surface area contributed by atoms with Gasteiger partial charge in [-0.25, -0.2) is 4.98 Å². The summed E-state index contributed by atoms with van der Waals surface area (Å²) in [5.74, 6) is 2.27. The lowest BCUT2D eigenvalue weighted by molar-refractivity contribution is 0.280. The quantitative estimate of drug-likeness (QED) is 0.350. The summed E-state index contributed by atoms with van der Waals surface area (Å²) in [4.78, 5) is 7.65. The smallest absolute Gasteiger partial charge is 0.122 e. The maximum absolute atomic E-state index is 6.07. The second kappa shape index (κ2) is 11.5. The summed E-state index contributed by atoms with van der Waals surface area (Å²) in [6, 6.07) is 14.9. The van der Waals surface area contributed by atoms with Crippen molar-refractivity contribution < 1.29 is 4.74 Å². The van der Waals surface area contributed by atoms with E-state index in [2.05, 4.69) is 65.8 Å². The molecule has 2 heterocycles. The van der Waals surface area contributed by atoms with E-state index < -0.39 is 0 Å². The van der Waals surface area contributed by atoms with E-state index in [9.17, 15) is 0 Å². The highest BCUT2D eigenvalue weighted by Crippen LogP contribution is 2.22. The maximum atomic E-state index is 6.07. The first kappa shape index (κ1) is 22.8. The van der Waals surface area contributed by atoms with E-state index in [1.807, 2.05) is 0 Å². The number of likely N-dealkylation sites (tertiary alicyclic amines) is 1. The van der Waals surface area contributed by atoms with Crippen LogP contribution in [-0.4, -0.2) is 40.7 Å². The molecule has 2 aromatic carbocycles. The Labute approximate surface area is 193 Å². The van der Waals surface area contributed by atoms with E-state index >= 15 is 0 Å². The molecule has 0 N–H and O–H groups in total. The summed E-state index contributed by atoms with van der Waals surface area (Å²) in [7, 11) is 0. The van der Waals surface area contributed by atoms with Crippen LogP contribution in [0.3, 0.4) is 0 Å². The number of rotatable bonds is 10. The van der Waals surface area contributed by atoms with Crippen LogP contribution in [0.15, 0.2) is 42.5 Å². The van der Waals surface area contributed by atoms with Crippen molar-refractivity contribution in [2.24, 2.45) is 0 Å². The van der Waals surface area contributed by atoms with Crippen LogP contribution in [0, 0.1) is 13.8 Å². The van der Waals surface area contributed by atoms with Crippen molar-refractivity contribution in [3.8, 4) is 5.75 Å². The molecular weight excluding hydrogens is 394 g/mol. The number of hydrogen-bond acceptors (Lipinski definition) is 3. The third-order valence-electron chi connectivity index (χ3n) is 6.90. The van der Waals surface area contributed by atoms with Crippen LogP contribution in [0.4, 0.5) is 0 Å². The predicted molar refractivity (Wildman–Crippen MR) is 134 cm³/mol. The van der Waals surface area contributed by atoms with Gasteiger partial charge >= 0.3 is 0 Å². The number of aromatic nitrogens is 2. The first-order valence-electron chi connectivity index (χ1n) is 12.6. The van der Waals surface area contributed by atoms with Crippen LogP contribution in [0.2, 0.25) is 0 Å². The molecule has 0 radical (unpaired) electrons. The van der Waals surface area contributed by atoms with Crippen LogP contribution < -0.4 is 4.74 Å². The number of unbranched alkanes of at least 4 members (excludes halogenated alkanes) is 1. The minimum Gasteiger partial charge on any atom is -0.493 e. The number of para-hydroxylation sites is 2. The highest BCUT2D eigenvalue weighted by molar-refractivity contribution is 5.75. The molecule has 172 valence electrons. The minimum absolute atomic E-state index is 0.765. The second-order valence-corrected chi connectivity index (χ2v) is 9.28. The number of aryl methyl sites for hydroxylation is 3. The SMILES string of the molecule is Cc1cccc(OCCCCn2c(CCCN3CCCCCC3)nc3ccccc32)c1C. The van der Waals surface area contributed by atoms with Crippen LogP contribution in [0.5, 0.6) is 5.75 Å². The normalized spacial score (nSPS) is 15.2. The Morgan fingerprint density at radius 1 is 0.844 bits per heavy atom. The lowest BCUT2D eigenvalue weighted by atomic mass is 10.1. The fourth-order valence-electron chi connectivity index (χ4n) is 4.82. The van der Waals surface area contributed by atoms with Gasteiger partial charge in [0.1, 0.15) is 11.6 Å². The molecule has 4 heteroatoms. The van der Waals surface area contributed by atoms with Crippen LogP contribution in [-0.2, 0) is 13.0 Å². The van der Waals surface area contributed by atoms with E-state index in [1.165, 1.54) is 74.2 Å². The highest BCUT2D eigenvalue weighted by Gasteiger charge is 2.12. The number of ether oxygens (including phenoxy) is 1. The molecule has 1 aromatic heterocycles. The number of hydrogen-bond donors (Lipinski definition) is 0. The highest BCUT2D eigenvalue weighted by atomic mass is 16.5. The van der Waals surface area contributed by atoms with Crippen LogP contribution in [0.25, 0.3) is 11.0 Å². The Kier molecular flexibility index (Phi) is 8.22. The lowest BCUT2D eigenvalue weighted by Gasteiger charge is -2.19. The molecule has 4 rings (SSSR count). The molecule has 1 aliphatic heterocycles. The lowest BCUT2D eigenvalue weighted by Crippen LogP contribution is -2.26. The fourth-order valence-corrected chi connectivity index (χ4v) is 4.82. The molecule has 0 saturated carbocycles. The van der Waals surface area contributed by atoms with Crippen molar-refractivity contribution in [2.75, 3.05) is 26.2 Å². The Balaban J connectivity index is 1.31.